The second kappa shape index (κ2) is 24.7. The van der Waals surface area contributed by atoms with E-state index in [1.54, 1.807) is 24.4 Å². The van der Waals surface area contributed by atoms with Crippen molar-refractivity contribution in [1.29, 1.82) is 0 Å². The van der Waals surface area contributed by atoms with Gasteiger partial charge in [-0.3, -0.25) is 9.59 Å². The number of nitrogens with one attached hydrogen (secondary N) is 1. The van der Waals surface area contributed by atoms with Crippen molar-refractivity contribution in [3.05, 3.63) is 57.0 Å². The number of nitrogens with two attached hydrogens (primary N) is 1. The summed E-state index contributed by atoms with van der Waals surface area (Å²) in [6, 6.07) is 5.34. The number of hydrogen-bond donors (Lipinski definition) is 3. The van der Waals surface area contributed by atoms with E-state index in [1.807, 2.05) is 0 Å². The third-order valence-electron chi connectivity index (χ3n) is 5.50. The Hall–Kier alpha value is -2.90. The predicted octanol–water partition coefficient (Wildman–Crippen LogP) is 5.94. The van der Waals surface area contributed by atoms with Crippen molar-refractivity contribution in [2.45, 2.75) is 84.7 Å². The highest BCUT2D eigenvalue weighted by atomic mass is 79.9. The number of ether oxygens (including phenoxy) is 2. The van der Waals surface area contributed by atoms with Gasteiger partial charge in [-0.2, -0.15) is 0 Å². The molecule has 0 bridgehead atoms. The molecule has 2 rings (SSSR count). The number of esters is 2. The van der Waals surface area contributed by atoms with Gasteiger partial charge in [0.15, 0.2) is 0 Å². The van der Waals surface area contributed by atoms with Crippen molar-refractivity contribution in [3.63, 3.8) is 0 Å². The highest BCUT2D eigenvalue weighted by molar-refractivity contribution is 9.10. The fourth-order valence-electron chi connectivity index (χ4n) is 3.21. The number of halogens is 2. The topological polar surface area (TPSA) is 171 Å². The van der Waals surface area contributed by atoms with Gasteiger partial charge in [-0.15, -0.1) is 0 Å². The minimum atomic E-state index is -0.972. The number of rotatable bonds is 13. The zero-order chi connectivity index (χ0) is 31.2. The number of amides is 1. The number of methoxy groups -OCH3 is 2. The van der Waals surface area contributed by atoms with Gasteiger partial charge in [0.1, 0.15) is 21.3 Å². The maximum atomic E-state index is 12.1. The van der Waals surface area contributed by atoms with Crippen molar-refractivity contribution in [2.75, 3.05) is 14.2 Å². The molecule has 2 aromatic rings. The number of carbonyl (C=O) groups excluding carboxylic acids is 3. The van der Waals surface area contributed by atoms with E-state index in [0.29, 0.717) is 21.2 Å². The number of carboxylic acid groups (broad SMARTS) is 1. The maximum absolute atomic E-state index is 12.1. The van der Waals surface area contributed by atoms with Gasteiger partial charge < -0.3 is 25.6 Å². The minimum Gasteiger partial charge on any atom is -0.478 e. The first-order chi connectivity index (χ1) is 19.5. The zero-order valence-corrected chi connectivity index (χ0v) is 27.1. The van der Waals surface area contributed by atoms with E-state index in [0.717, 1.165) is 44.9 Å². The molecule has 13 heteroatoms. The highest BCUT2D eigenvalue weighted by Gasteiger charge is 2.22. The van der Waals surface area contributed by atoms with Crippen molar-refractivity contribution < 1.29 is 33.8 Å². The Morgan fingerprint density at radius 1 is 0.857 bits per heavy atom. The summed E-state index contributed by atoms with van der Waals surface area (Å²) in [6.07, 6.45) is 10.6. The molecule has 0 fully saturated rings. The van der Waals surface area contributed by atoms with E-state index in [9.17, 15) is 19.2 Å². The molecule has 0 spiro atoms. The van der Waals surface area contributed by atoms with Crippen molar-refractivity contribution in [3.8, 4) is 0 Å². The summed E-state index contributed by atoms with van der Waals surface area (Å²) in [6.45, 7) is 4.20. The second-order valence-electron chi connectivity index (χ2n) is 8.66. The Morgan fingerprint density at radius 3 is 1.74 bits per heavy atom. The molecule has 4 N–H and O–H groups in total. The molecule has 0 aliphatic carbocycles. The lowest BCUT2D eigenvalue weighted by Crippen LogP contribution is -2.41. The summed E-state index contributed by atoms with van der Waals surface area (Å²) in [5.74, 6) is -2.03. The van der Waals surface area contributed by atoms with Crippen LogP contribution in [0.5, 0.6) is 0 Å². The predicted molar refractivity (Wildman–Crippen MR) is 169 cm³/mol. The normalized spacial score (nSPS) is 11.1. The van der Waals surface area contributed by atoms with E-state index in [-0.39, 0.29) is 24.9 Å². The van der Waals surface area contributed by atoms with Crippen LogP contribution in [-0.4, -0.2) is 65.2 Å². The van der Waals surface area contributed by atoms with Crippen LogP contribution in [0.2, 0.25) is 0 Å². The van der Waals surface area contributed by atoms with E-state index < -0.39 is 24.0 Å². The van der Waals surface area contributed by atoms with Gasteiger partial charge in [-0.25, -0.2) is 19.6 Å². The largest absolute Gasteiger partial charge is 0.478 e. The first kappa shape index (κ1) is 41.2. The van der Waals surface area contributed by atoms with Gasteiger partial charge in [0, 0.05) is 12.4 Å². The minimum absolute atomic E-state index is 0. The lowest BCUT2D eigenvalue weighted by atomic mass is 10.1. The number of pyridine rings is 2. The molecule has 2 heterocycles. The maximum Gasteiger partial charge on any atom is 0.338 e. The van der Waals surface area contributed by atoms with E-state index in [1.165, 1.54) is 26.5 Å². The SMILES string of the molecule is C.CCCCC[C@H](N)C(=O)OC.CCCCC[C@H](NC(=O)c1cccnc1Br)C(=O)OC.O=C(O)c1cccnc1Br. The Kier molecular flexibility index (Phi) is 24.2. The van der Waals surface area contributed by atoms with Gasteiger partial charge in [0.25, 0.3) is 5.91 Å². The number of hydrogen-bond acceptors (Lipinski definition) is 9. The van der Waals surface area contributed by atoms with Crippen molar-refractivity contribution >= 4 is 55.7 Å². The lowest BCUT2D eigenvalue weighted by molar-refractivity contribution is -0.143. The number of carbonyl (C=O) groups is 4. The van der Waals surface area contributed by atoms with Crippen LogP contribution in [-0.2, 0) is 19.1 Å². The Balaban J connectivity index is 0. The van der Waals surface area contributed by atoms with Crippen LogP contribution in [0.1, 0.15) is 93.4 Å². The van der Waals surface area contributed by atoms with Crippen molar-refractivity contribution in [2.24, 2.45) is 5.73 Å². The van der Waals surface area contributed by atoms with E-state index in [2.05, 4.69) is 65.7 Å². The molecule has 2 atom stereocenters. The summed E-state index contributed by atoms with van der Waals surface area (Å²) >= 11 is 6.22. The molecule has 0 aliphatic heterocycles. The molecule has 1 amide bonds. The van der Waals surface area contributed by atoms with E-state index in [4.69, 9.17) is 15.6 Å². The molecule has 0 radical (unpaired) electrons. The number of unbranched alkanes of at least 4 members (excludes halogenated alkanes) is 4. The van der Waals surface area contributed by atoms with Gasteiger partial charge in [-0.05, 0) is 69.0 Å². The third-order valence-corrected chi connectivity index (χ3v) is 6.77. The summed E-state index contributed by atoms with van der Waals surface area (Å²) in [5, 5.41) is 11.2. The van der Waals surface area contributed by atoms with Gasteiger partial charge in [0.05, 0.1) is 25.3 Å². The quantitative estimate of drug-likeness (QED) is 0.128. The van der Waals surface area contributed by atoms with Crippen LogP contribution in [0.15, 0.2) is 45.9 Å². The highest BCUT2D eigenvalue weighted by Crippen LogP contribution is 2.14. The summed E-state index contributed by atoms with van der Waals surface area (Å²) < 4.78 is 10.0. The average molecular weight is 720 g/mol. The standard InChI is InChI=1S/C14H19BrN2O3.C8H17NO2.C6H4BrNO2.CH4/c1-3-4-5-8-11(14(19)20-2)17-13(18)10-7-6-9-16-12(10)15;1-3-4-5-6-7(9)8(10)11-2;7-5-4(6(9)10)2-1-3-8-5;/h6-7,9,11H,3-5,8H2,1-2H3,(H,17,18);7H,3-6,9H2,1-2H3;1-3H,(H,9,10);1H4/t11-;7-;;/m00../s1. The average Bonchev–Trinajstić information content (AvgIpc) is 2.96. The monoisotopic (exact) mass is 718 g/mol. The fourth-order valence-corrected chi connectivity index (χ4v) is 4.06. The summed E-state index contributed by atoms with van der Waals surface area (Å²) in [4.78, 5) is 52.7. The third kappa shape index (κ3) is 17.1. The summed E-state index contributed by atoms with van der Waals surface area (Å²) in [5.41, 5.74) is 6.08. The Morgan fingerprint density at radius 2 is 1.33 bits per heavy atom. The number of aromatic carboxylic acids is 1. The zero-order valence-electron chi connectivity index (χ0n) is 23.9. The number of carboxylic acids is 1. The number of nitrogens with zero attached hydrogens (tertiary/aromatic N) is 2. The van der Waals surface area contributed by atoms with Crippen LogP contribution in [0, 0.1) is 0 Å². The molecule has 11 nitrogen and oxygen atoms in total. The molecule has 2 aromatic heterocycles. The molecular weight excluding hydrogens is 676 g/mol. The van der Waals surface area contributed by atoms with Gasteiger partial charge >= 0.3 is 17.9 Å². The molecule has 0 saturated heterocycles. The van der Waals surface area contributed by atoms with Crippen LogP contribution >= 0.6 is 31.9 Å². The first-order valence-electron chi connectivity index (χ1n) is 13.2. The molecule has 0 aromatic carbocycles. The Bertz CT molecular complexity index is 1090. The molecule has 42 heavy (non-hydrogen) atoms. The molecule has 0 unspecified atom stereocenters. The first-order valence-corrected chi connectivity index (χ1v) is 14.8. The van der Waals surface area contributed by atoms with Crippen molar-refractivity contribution in [1.82, 2.24) is 15.3 Å². The van der Waals surface area contributed by atoms with E-state index >= 15 is 0 Å². The fraction of sp³-hybridized carbons (Fsp3) is 0.517. The lowest BCUT2D eigenvalue weighted by Gasteiger charge is -2.16. The van der Waals surface area contributed by atoms with Gasteiger partial charge in [-0.1, -0.05) is 59.8 Å². The molecular formula is C29H44Br2N4O7. The van der Waals surface area contributed by atoms with Crippen LogP contribution in [0.4, 0.5) is 0 Å². The Labute approximate surface area is 265 Å². The number of aromatic nitrogens is 2. The summed E-state index contributed by atoms with van der Waals surface area (Å²) in [7, 11) is 2.68. The smallest absolute Gasteiger partial charge is 0.338 e. The van der Waals surface area contributed by atoms with Crippen LogP contribution in [0.25, 0.3) is 0 Å². The molecule has 236 valence electrons. The second-order valence-corrected chi connectivity index (χ2v) is 10.2. The van der Waals surface area contributed by atoms with Crippen LogP contribution < -0.4 is 11.1 Å². The van der Waals surface area contributed by atoms with Crippen LogP contribution in [0.3, 0.4) is 0 Å². The van der Waals surface area contributed by atoms with Gasteiger partial charge in [0.2, 0.25) is 0 Å². The molecule has 0 aliphatic rings. The molecule has 0 saturated carbocycles.